The van der Waals surface area contributed by atoms with E-state index in [0.717, 1.165) is 38.9 Å². The molecule has 0 fully saturated rings. The molecule has 0 radical (unpaired) electrons. The summed E-state index contributed by atoms with van der Waals surface area (Å²) >= 11 is 0. The molecule has 0 saturated heterocycles. The molecule has 0 aliphatic carbocycles. The fourth-order valence-electron chi connectivity index (χ4n) is 7.19. The number of aromatic nitrogens is 4. The summed E-state index contributed by atoms with van der Waals surface area (Å²) < 4.78 is 10.6. The van der Waals surface area contributed by atoms with E-state index in [9.17, 15) is 0 Å². The fraction of sp³-hybridized carbons (Fsp3) is 0.208. The third-order valence-corrected chi connectivity index (χ3v) is 10.7. The number of fused-ring (bicyclic) bond motifs is 3. The van der Waals surface area contributed by atoms with Gasteiger partial charge < -0.3 is 9.30 Å². The smallest absolute Gasteiger partial charge is 0.509 e. The average molecular weight is 888 g/mol. The Bertz CT molecular complexity index is 2580. The molecule has 0 aliphatic heterocycles. The van der Waals surface area contributed by atoms with Crippen molar-refractivity contribution >= 4 is 21.8 Å². The zero-order chi connectivity index (χ0) is 37.0. The van der Waals surface area contributed by atoms with Crippen LogP contribution in [0.5, 0.6) is 11.5 Å². The van der Waals surface area contributed by atoms with Gasteiger partial charge in [-0.3, -0.25) is 4.68 Å². The number of hydrogen-bond donors (Lipinski definition) is 0. The molecule has 0 N–H and O–H groups in total. The van der Waals surface area contributed by atoms with Crippen LogP contribution in [0.2, 0.25) is 0 Å². The molecule has 8 rings (SSSR count). The molecule has 3 heterocycles. The van der Waals surface area contributed by atoms with Gasteiger partial charge in [-0.1, -0.05) is 127 Å². The van der Waals surface area contributed by atoms with Gasteiger partial charge in [-0.25, -0.2) is 4.98 Å². The van der Waals surface area contributed by atoms with Crippen LogP contribution in [0.4, 0.5) is 0 Å². The molecule has 272 valence electrons. The zero-order valence-electron chi connectivity index (χ0n) is 31.8. The molecule has 8 aromatic rings. The minimum absolute atomic E-state index is 0. The molecule has 0 amide bonds. The predicted molar refractivity (Wildman–Crippen MR) is 216 cm³/mol. The molecular formula is C48H44N4OPt. The summed E-state index contributed by atoms with van der Waals surface area (Å²) in [6, 6.07) is 49.4. The summed E-state index contributed by atoms with van der Waals surface area (Å²) in [7, 11) is 0. The van der Waals surface area contributed by atoms with Crippen LogP contribution in [0.15, 0.2) is 140 Å². The van der Waals surface area contributed by atoms with Crippen molar-refractivity contribution in [3.63, 3.8) is 0 Å². The number of hydrogen-bond acceptors (Lipinski definition) is 3. The summed E-state index contributed by atoms with van der Waals surface area (Å²) in [5.74, 6) is 2.03. The first kappa shape index (κ1) is 37.1. The van der Waals surface area contributed by atoms with E-state index in [1.165, 1.54) is 22.3 Å². The first-order valence-electron chi connectivity index (χ1n) is 18.2. The maximum Gasteiger partial charge on any atom is 2.00 e. The second-order valence-electron chi connectivity index (χ2n) is 16.0. The molecule has 0 saturated carbocycles. The summed E-state index contributed by atoms with van der Waals surface area (Å²) in [6.07, 6.45) is 5.91. The van der Waals surface area contributed by atoms with Crippen LogP contribution in [-0.4, -0.2) is 19.3 Å². The Morgan fingerprint density at radius 2 is 1.24 bits per heavy atom. The summed E-state index contributed by atoms with van der Waals surface area (Å²) in [4.78, 5) is 4.90. The first-order chi connectivity index (χ1) is 25.4. The topological polar surface area (TPSA) is 44.9 Å². The maximum atomic E-state index is 6.51. The molecule has 0 aliphatic rings. The zero-order valence-corrected chi connectivity index (χ0v) is 34.1. The third kappa shape index (κ3) is 6.82. The molecular weight excluding hydrogens is 844 g/mol. The maximum absolute atomic E-state index is 6.51. The van der Waals surface area contributed by atoms with Crippen molar-refractivity contribution in [1.29, 1.82) is 0 Å². The van der Waals surface area contributed by atoms with Crippen LogP contribution in [0.1, 0.15) is 76.3 Å². The number of nitrogens with zero attached hydrogens (tertiary/aromatic N) is 4. The van der Waals surface area contributed by atoms with E-state index in [-0.39, 0.29) is 37.3 Å². The monoisotopic (exact) mass is 887 g/mol. The number of ether oxygens (including phenoxy) is 1. The van der Waals surface area contributed by atoms with Crippen LogP contribution >= 0.6 is 0 Å². The molecule has 3 aromatic heterocycles. The van der Waals surface area contributed by atoms with Gasteiger partial charge in [0.1, 0.15) is 5.82 Å². The Kier molecular flexibility index (Phi) is 9.74. The first-order valence-corrected chi connectivity index (χ1v) is 18.2. The van der Waals surface area contributed by atoms with Gasteiger partial charge in [-0.05, 0) is 56.9 Å². The van der Waals surface area contributed by atoms with Gasteiger partial charge in [-0.15, -0.1) is 35.7 Å². The molecule has 0 atom stereocenters. The van der Waals surface area contributed by atoms with Crippen molar-refractivity contribution in [2.45, 2.75) is 64.7 Å². The Hall–Kier alpha value is -5.25. The van der Waals surface area contributed by atoms with Crippen LogP contribution in [-0.2, 0) is 37.3 Å². The quantitative estimate of drug-likeness (QED) is 0.143. The van der Waals surface area contributed by atoms with Gasteiger partial charge in [0.15, 0.2) is 0 Å². The SMILES string of the molecule is CC(C)(C)c1ccnc(-n2c3[c-]c(Oc4[c-]c(-n5cc(C(C)(C)c6ccccc6)cn5)ccc4)ccc3c3cc(C(C)(C)c4ccccc4)ccc32)c1.[Pt+2]. The summed E-state index contributed by atoms with van der Waals surface area (Å²) in [6.45, 7) is 15.7. The molecule has 0 spiro atoms. The van der Waals surface area contributed by atoms with Crippen molar-refractivity contribution < 1.29 is 25.8 Å². The second-order valence-corrected chi connectivity index (χ2v) is 16.0. The van der Waals surface area contributed by atoms with Crippen molar-refractivity contribution in [3.05, 3.63) is 180 Å². The van der Waals surface area contributed by atoms with E-state index in [1.54, 1.807) is 0 Å². The summed E-state index contributed by atoms with van der Waals surface area (Å²) in [5, 5.41) is 6.95. The van der Waals surface area contributed by atoms with Gasteiger partial charge in [0, 0.05) is 45.8 Å². The van der Waals surface area contributed by atoms with Gasteiger partial charge in [0.05, 0.1) is 6.20 Å². The van der Waals surface area contributed by atoms with Crippen molar-refractivity contribution in [1.82, 2.24) is 19.3 Å². The van der Waals surface area contributed by atoms with Crippen molar-refractivity contribution in [3.8, 4) is 23.0 Å². The number of benzene rings is 5. The fourth-order valence-corrected chi connectivity index (χ4v) is 7.19. The number of pyridine rings is 1. The van der Waals surface area contributed by atoms with Gasteiger partial charge in [-0.2, -0.15) is 17.2 Å². The number of rotatable bonds is 8. The molecule has 0 bridgehead atoms. The Morgan fingerprint density at radius 3 is 1.93 bits per heavy atom. The molecule has 5 nitrogen and oxygen atoms in total. The predicted octanol–water partition coefficient (Wildman–Crippen LogP) is 11.7. The molecule has 5 aromatic carbocycles. The Labute approximate surface area is 332 Å². The third-order valence-electron chi connectivity index (χ3n) is 10.7. The summed E-state index contributed by atoms with van der Waals surface area (Å²) in [5.41, 5.74) is 8.44. The molecule has 54 heavy (non-hydrogen) atoms. The van der Waals surface area contributed by atoms with E-state index in [4.69, 9.17) is 14.8 Å². The normalized spacial score (nSPS) is 12.2. The minimum atomic E-state index is -0.199. The van der Waals surface area contributed by atoms with Crippen molar-refractivity contribution in [2.75, 3.05) is 0 Å². The van der Waals surface area contributed by atoms with E-state index in [0.29, 0.717) is 11.5 Å². The van der Waals surface area contributed by atoms with Crippen LogP contribution < -0.4 is 4.74 Å². The Balaban J connectivity index is 0.00000450. The van der Waals surface area contributed by atoms with E-state index in [1.807, 2.05) is 47.4 Å². The van der Waals surface area contributed by atoms with E-state index < -0.39 is 0 Å². The van der Waals surface area contributed by atoms with Crippen molar-refractivity contribution in [2.24, 2.45) is 0 Å². The van der Waals surface area contributed by atoms with E-state index >= 15 is 0 Å². The average Bonchev–Trinajstić information content (AvgIpc) is 3.79. The van der Waals surface area contributed by atoms with Gasteiger partial charge in [0.2, 0.25) is 0 Å². The van der Waals surface area contributed by atoms with Gasteiger partial charge >= 0.3 is 21.1 Å². The Morgan fingerprint density at radius 1 is 0.574 bits per heavy atom. The molecule has 0 unspecified atom stereocenters. The largest absolute Gasteiger partial charge is 2.00 e. The standard InChI is InChI=1S/C48H44N4O.Pt/c1-46(2,3)35-25-26-49-45(28-35)52-43-24-21-36(47(4,5)33-15-10-8-11-16-33)27-42(43)41-23-22-40(30-44(41)52)53-39-20-14-19-38(29-39)51-32-37(31-50-51)48(6,7)34-17-12-9-13-18-34;/h8-28,31-32H,1-7H3;/q-2;+2. The second kappa shape index (κ2) is 14.2. The minimum Gasteiger partial charge on any atom is -0.509 e. The van der Waals surface area contributed by atoms with Crippen LogP contribution in [0, 0.1) is 12.1 Å². The van der Waals surface area contributed by atoms with Gasteiger partial charge in [0.25, 0.3) is 0 Å². The van der Waals surface area contributed by atoms with Crippen LogP contribution in [0.3, 0.4) is 0 Å². The van der Waals surface area contributed by atoms with E-state index in [2.05, 4.69) is 162 Å². The molecule has 6 heteroatoms. The van der Waals surface area contributed by atoms with Crippen LogP contribution in [0.25, 0.3) is 33.3 Å².